The van der Waals surface area contributed by atoms with Crippen LogP contribution in [0, 0.1) is 0 Å². The van der Waals surface area contributed by atoms with Gasteiger partial charge < -0.3 is 11.5 Å². The van der Waals surface area contributed by atoms with Gasteiger partial charge in [-0.05, 0) is 17.7 Å². The minimum atomic E-state index is 0.0218. The highest BCUT2D eigenvalue weighted by Gasteiger charge is 2.20. The zero-order chi connectivity index (χ0) is 18.1. The summed E-state index contributed by atoms with van der Waals surface area (Å²) in [5.41, 5.74) is 16.5. The maximum absolute atomic E-state index is 6.00. The monoisotopic (exact) mass is 341 g/mol. The van der Waals surface area contributed by atoms with E-state index in [-0.39, 0.29) is 17.6 Å². The molecule has 0 bridgehead atoms. The second-order valence-electron chi connectivity index (χ2n) is 6.24. The highest BCUT2D eigenvalue weighted by atomic mass is 15.0. The van der Waals surface area contributed by atoms with Crippen molar-refractivity contribution in [1.29, 1.82) is 0 Å². The summed E-state index contributed by atoms with van der Waals surface area (Å²) in [6, 6.07) is 20.1. The van der Waals surface area contributed by atoms with Crippen LogP contribution in [-0.2, 0) is 0 Å². The molecule has 0 aliphatic heterocycles. The largest absolute Gasteiger partial charge is 0.381 e. The van der Waals surface area contributed by atoms with Gasteiger partial charge in [0, 0.05) is 23.1 Å². The molecule has 4 aromatic rings. The van der Waals surface area contributed by atoms with Crippen molar-refractivity contribution in [2.75, 3.05) is 11.5 Å². The van der Waals surface area contributed by atoms with Gasteiger partial charge in [0.2, 0.25) is 0 Å². The maximum atomic E-state index is 6.00. The average molecular weight is 341 g/mol. The molecule has 5 nitrogen and oxygen atoms in total. The van der Waals surface area contributed by atoms with Gasteiger partial charge in [0.05, 0.1) is 16.9 Å². The number of fused-ring (bicyclic) bond motifs is 1. The Labute approximate surface area is 151 Å². The molecule has 26 heavy (non-hydrogen) atoms. The van der Waals surface area contributed by atoms with Crippen LogP contribution in [-0.4, -0.2) is 15.0 Å². The molecule has 2 heterocycles. The quantitative estimate of drug-likeness (QED) is 0.587. The molecule has 1 atom stereocenters. The fourth-order valence-electron chi connectivity index (χ4n) is 3.18. The Kier molecular flexibility index (Phi) is 3.97. The molecule has 5 heteroatoms. The Morgan fingerprint density at radius 3 is 2.38 bits per heavy atom. The van der Waals surface area contributed by atoms with Gasteiger partial charge in [0.25, 0.3) is 0 Å². The topological polar surface area (TPSA) is 90.7 Å². The number of anilines is 2. The van der Waals surface area contributed by atoms with Gasteiger partial charge in [0.15, 0.2) is 11.6 Å². The molecule has 0 amide bonds. The van der Waals surface area contributed by atoms with E-state index in [1.54, 1.807) is 6.20 Å². The second-order valence-corrected chi connectivity index (χ2v) is 6.24. The minimum absolute atomic E-state index is 0.0218. The van der Waals surface area contributed by atoms with Crippen molar-refractivity contribution in [3.05, 3.63) is 78.1 Å². The van der Waals surface area contributed by atoms with Crippen molar-refractivity contribution in [1.82, 2.24) is 15.0 Å². The number of hydrogen-bond acceptors (Lipinski definition) is 5. The highest BCUT2D eigenvalue weighted by molar-refractivity contribution is 5.94. The molecule has 0 saturated carbocycles. The van der Waals surface area contributed by atoms with Crippen LogP contribution in [0.4, 0.5) is 11.6 Å². The van der Waals surface area contributed by atoms with Crippen LogP contribution in [0.1, 0.15) is 24.1 Å². The van der Waals surface area contributed by atoms with E-state index >= 15 is 0 Å². The molecule has 0 spiro atoms. The van der Waals surface area contributed by atoms with Crippen molar-refractivity contribution < 1.29 is 0 Å². The molecule has 4 N–H and O–H groups in total. The number of benzene rings is 2. The minimum Gasteiger partial charge on any atom is -0.381 e. The van der Waals surface area contributed by atoms with Crippen LogP contribution in [0.15, 0.2) is 66.9 Å². The third-order valence-electron chi connectivity index (χ3n) is 4.59. The van der Waals surface area contributed by atoms with E-state index < -0.39 is 0 Å². The average Bonchev–Trinajstić information content (AvgIpc) is 2.69. The van der Waals surface area contributed by atoms with Gasteiger partial charge in [-0.1, -0.05) is 55.5 Å². The molecular formula is C21H19N5. The van der Waals surface area contributed by atoms with Gasteiger partial charge >= 0.3 is 0 Å². The van der Waals surface area contributed by atoms with Gasteiger partial charge in [-0.15, -0.1) is 0 Å². The lowest BCUT2D eigenvalue weighted by atomic mass is 9.92. The Morgan fingerprint density at radius 2 is 1.58 bits per heavy atom. The first-order valence-corrected chi connectivity index (χ1v) is 8.47. The van der Waals surface area contributed by atoms with E-state index in [1.807, 2.05) is 48.5 Å². The predicted molar refractivity (Wildman–Crippen MR) is 106 cm³/mol. The van der Waals surface area contributed by atoms with Gasteiger partial charge in [0.1, 0.15) is 0 Å². The lowest BCUT2D eigenvalue weighted by molar-refractivity contribution is 0.867. The highest BCUT2D eigenvalue weighted by Crippen LogP contribution is 2.35. The van der Waals surface area contributed by atoms with Crippen molar-refractivity contribution in [3.8, 4) is 11.3 Å². The molecule has 128 valence electrons. The Morgan fingerprint density at radius 1 is 0.808 bits per heavy atom. The van der Waals surface area contributed by atoms with Gasteiger partial charge in [-0.2, -0.15) is 0 Å². The second kappa shape index (κ2) is 6.44. The standard InChI is InChI=1S/C21H19N5/c1-13(14-7-3-2-4-8-14)18-19(26-21(23)20(22)25-18)16-9-5-11-17-15(16)10-6-12-24-17/h2-13H,1H3,(H2,22,25)(H2,23,26)/t13-/m0/s1. The molecule has 4 rings (SSSR count). The molecule has 0 fully saturated rings. The SMILES string of the molecule is C[C@@H](c1ccccc1)c1nc(N)c(N)nc1-c1cccc2ncccc12. The van der Waals surface area contributed by atoms with Crippen molar-refractivity contribution in [2.45, 2.75) is 12.8 Å². The van der Waals surface area contributed by atoms with Crippen molar-refractivity contribution in [2.24, 2.45) is 0 Å². The van der Waals surface area contributed by atoms with E-state index in [4.69, 9.17) is 11.5 Å². The zero-order valence-corrected chi connectivity index (χ0v) is 14.4. The van der Waals surface area contributed by atoms with Crippen molar-refractivity contribution in [3.63, 3.8) is 0 Å². The first kappa shape index (κ1) is 16.0. The van der Waals surface area contributed by atoms with Crippen LogP contribution in [0.5, 0.6) is 0 Å². The summed E-state index contributed by atoms with van der Waals surface area (Å²) in [4.78, 5) is 13.6. The molecule has 2 aromatic heterocycles. The van der Waals surface area contributed by atoms with Crippen LogP contribution >= 0.6 is 0 Å². The van der Waals surface area contributed by atoms with Crippen LogP contribution in [0.3, 0.4) is 0 Å². The molecule has 0 aliphatic carbocycles. The first-order chi connectivity index (χ1) is 12.6. The maximum Gasteiger partial charge on any atom is 0.166 e. The molecule has 0 radical (unpaired) electrons. The number of nitrogen functional groups attached to an aromatic ring is 2. The molecule has 2 aromatic carbocycles. The first-order valence-electron chi connectivity index (χ1n) is 8.47. The zero-order valence-electron chi connectivity index (χ0n) is 14.4. The number of nitrogens with zero attached hydrogens (tertiary/aromatic N) is 3. The van der Waals surface area contributed by atoms with Gasteiger partial charge in [-0.25, -0.2) is 9.97 Å². The molecule has 0 saturated heterocycles. The van der Waals surface area contributed by atoms with E-state index in [1.165, 1.54) is 0 Å². The number of aromatic nitrogens is 3. The summed E-state index contributed by atoms with van der Waals surface area (Å²) in [6.07, 6.45) is 1.78. The van der Waals surface area contributed by atoms with E-state index in [2.05, 4.69) is 34.0 Å². The lowest BCUT2D eigenvalue weighted by Crippen LogP contribution is -2.10. The van der Waals surface area contributed by atoms with Gasteiger partial charge in [-0.3, -0.25) is 4.98 Å². The lowest BCUT2D eigenvalue weighted by Gasteiger charge is -2.17. The van der Waals surface area contributed by atoms with Crippen LogP contribution < -0.4 is 11.5 Å². The number of hydrogen-bond donors (Lipinski definition) is 2. The number of rotatable bonds is 3. The number of nitrogens with two attached hydrogens (primary N) is 2. The third-order valence-corrected chi connectivity index (χ3v) is 4.59. The summed E-state index contributed by atoms with van der Waals surface area (Å²) in [5.74, 6) is 0.517. The molecule has 0 aliphatic rings. The molecule has 0 unspecified atom stereocenters. The summed E-state index contributed by atoms with van der Waals surface area (Å²) in [7, 11) is 0. The van der Waals surface area contributed by atoms with Crippen LogP contribution in [0.2, 0.25) is 0 Å². The van der Waals surface area contributed by atoms with E-state index in [0.717, 1.165) is 33.4 Å². The normalized spacial score (nSPS) is 12.2. The Balaban J connectivity index is 1.98. The molecular weight excluding hydrogens is 322 g/mol. The van der Waals surface area contributed by atoms with E-state index in [9.17, 15) is 0 Å². The number of pyridine rings is 1. The summed E-state index contributed by atoms with van der Waals surface area (Å²) in [5, 5.41) is 1.01. The predicted octanol–water partition coefficient (Wildman–Crippen LogP) is 4.01. The Bertz CT molecular complexity index is 1070. The van der Waals surface area contributed by atoms with Crippen LogP contribution in [0.25, 0.3) is 22.2 Å². The van der Waals surface area contributed by atoms with Crippen molar-refractivity contribution >= 4 is 22.5 Å². The third kappa shape index (κ3) is 2.73. The summed E-state index contributed by atoms with van der Waals surface area (Å²) in [6.45, 7) is 2.10. The Hall–Kier alpha value is -3.47. The smallest absolute Gasteiger partial charge is 0.166 e. The summed E-state index contributed by atoms with van der Waals surface area (Å²) >= 11 is 0. The summed E-state index contributed by atoms with van der Waals surface area (Å²) < 4.78 is 0. The van der Waals surface area contributed by atoms with E-state index in [0.29, 0.717) is 0 Å². The fourth-order valence-corrected chi connectivity index (χ4v) is 3.18. The fraction of sp³-hybridized carbons (Fsp3) is 0.0952.